The molecule has 1 unspecified atom stereocenters. The number of ketones is 1. The van der Waals surface area contributed by atoms with Crippen LogP contribution in [0, 0.1) is 0 Å². The Morgan fingerprint density at radius 2 is 1.89 bits per heavy atom. The highest BCUT2D eigenvalue weighted by atomic mass is 35.5. The second kappa shape index (κ2) is 10.0. The number of nitrogens with two attached hydrogens (primary N) is 1. The van der Waals surface area contributed by atoms with E-state index < -0.39 is 17.3 Å². The second-order valence-corrected chi connectivity index (χ2v) is 4.53. The molecule has 2 N–H and O–H groups in total. The van der Waals surface area contributed by atoms with Crippen molar-refractivity contribution >= 4 is 29.3 Å². The fourth-order valence-electron chi connectivity index (χ4n) is 1.26. The van der Waals surface area contributed by atoms with Gasteiger partial charge in [0, 0.05) is 6.42 Å². The van der Waals surface area contributed by atoms with Crippen molar-refractivity contribution in [3.63, 3.8) is 0 Å². The summed E-state index contributed by atoms with van der Waals surface area (Å²) in [5.74, 6) is -1.72. The molecule has 18 heavy (non-hydrogen) atoms. The summed E-state index contributed by atoms with van der Waals surface area (Å²) in [5, 5.41) is -0.800. The summed E-state index contributed by atoms with van der Waals surface area (Å²) < 4.78 is 4.53. The van der Waals surface area contributed by atoms with Gasteiger partial charge in [0.2, 0.25) is 0 Å². The first-order chi connectivity index (χ1) is 8.51. The van der Waals surface area contributed by atoms with Crippen molar-refractivity contribution in [2.45, 2.75) is 50.8 Å². The summed E-state index contributed by atoms with van der Waals surface area (Å²) in [6, 6.07) is 0. The molecule has 0 spiro atoms. The highest BCUT2D eigenvalue weighted by Crippen LogP contribution is 2.11. The van der Waals surface area contributed by atoms with Gasteiger partial charge in [-0.1, -0.05) is 26.2 Å². The van der Waals surface area contributed by atoms with Crippen LogP contribution in [0.1, 0.15) is 45.4 Å². The van der Waals surface area contributed by atoms with Crippen molar-refractivity contribution in [1.82, 2.24) is 0 Å². The number of rotatable bonds is 9. The van der Waals surface area contributed by atoms with Crippen LogP contribution in [0.2, 0.25) is 0 Å². The molecule has 0 aliphatic heterocycles. The molecule has 0 bridgehead atoms. The van der Waals surface area contributed by atoms with Crippen molar-refractivity contribution in [3.8, 4) is 0 Å². The number of alkyl halides is 1. The number of carbonyl (C=O) groups is 3. The van der Waals surface area contributed by atoms with E-state index in [0.717, 1.165) is 19.3 Å². The average Bonchev–Trinajstić information content (AvgIpc) is 2.35. The van der Waals surface area contributed by atoms with Crippen LogP contribution in [0.25, 0.3) is 0 Å². The maximum Gasteiger partial charge on any atom is 0.331 e. The van der Waals surface area contributed by atoms with E-state index in [4.69, 9.17) is 17.3 Å². The molecule has 0 fully saturated rings. The molecule has 0 aliphatic carbocycles. The van der Waals surface area contributed by atoms with E-state index in [1.807, 2.05) is 6.92 Å². The van der Waals surface area contributed by atoms with Crippen LogP contribution < -0.4 is 5.73 Å². The maximum atomic E-state index is 11.4. The number of Topliss-reactive ketones (excluding diaryl/α,β-unsaturated/α-hetero) is 1. The predicted octanol–water partition coefficient (Wildman–Crippen LogP) is 1.55. The summed E-state index contributed by atoms with van der Waals surface area (Å²) in [4.78, 5) is 33.5. The van der Waals surface area contributed by atoms with Gasteiger partial charge in [-0.15, -0.1) is 11.6 Å². The maximum absolute atomic E-state index is 11.4. The zero-order chi connectivity index (χ0) is 14.0. The number of halogens is 1. The van der Waals surface area contributed by atoms with Crippen molar-refractivity contribution in [2.24, 2.45) is 5.73 Å². The van der Waals surface area contributed by atoms with E-state index in [1.165, 1.54) is 0 Å². The third-order valence-electron chi connectivity index (χ3n) is 2.37. The lowest BCUT2D eigenvalue weighted by atomic mass is 10.1. The average molecular weight is 278 g/mol. The molecule has 0 amide bonds. The standard InChI is InChI=1S/C12H20ClNO4/c1-2-3-4-5-10(13)12(17)18-11(16)7-6-9(15)8-14/h10H,2-8,14H2,1H3. The Kier molecular flexibility index (Phi) is 9.50. The third kappa shape index (κ3) is 8.20. The van der Waals surface area contributed by atoms with E-state index in [1.54, 1.807) is 0 Å². The van der Waals surface area contributed by atoms with Gasteiger partial charge < -0.3 is 10.5 Å². The first-order valence-electron chi connectivity index (χ1n) is 6.11. The van der Waals surface area contributed by atoms with Crippen LogP contribution >= 0.6 is 11.6 Å². The topological polar surface area (TPSA) is 86.5 Å². The molecule has 6 heteroatoms. The van der Waals surface area contributed by atoms with Gasteiger partial charge in [-0.25, -0.2) is 4.79 Å². The van der Waals surface area contributed by atoms with E-state index >= 15 is 0 Å². The number of hydrogen-bond acceptors (Lipinski definition) is 5. The minimum atomic E-state index is -0.800. The van der Waals surface area contributed by atoms with Gasteiger partial charge in [-0.05, 0) is 6.42 Å². The Hall–Kier alpha value is -0.940. The van der Waals surface area contributed by atoms with Crippen LogP contribution in [0.5, 0.6) is 0 Å². The van der Waals surface area contributed by atoms with Gasteiger partial charge in [-0.3, -0.25) is 9.59 Å². The molecule has 0 aliphatic rings. The molecule has 104 valence electrons. The first-order valence-corrected chi connectivity index (χ1v) is 6.55. The quantitative estimate of drug-likeness (QED) is 0.299. The zero-order valence-corrected chi connectivity index (χ0v) is 11.4. The minimum Gasteiger partial charge on any atom is -0.392 e. The Bertz CT molecular complexity index is 294. The lowest BCUT2D eigenvalue weighted by Crippen LogP contribution is -2.23. The monoisotopic (exact) mass is 277 g/mol. The number of esters is 2. The smallest absolute Gasteiger partial charge is 0.331 e. The van der Waals surface area contributed by atoms with Crippen molar-refractivity contribution < 1.29 is 19.1 Å². The van der Waals surface area contributed by atoms with E-state index in [-0.39, 0.29) is 25.2 Å². The fraction of sp³-hybridized carbons (Fsp3) is 0.750. The van der Waals surface area contributed by atoms with Crippen LogP contribution in [-0.2, 0) is 19.1 Å². The molecular weight excluding hydrogens is 258 g/mol. The Balaban J connectivity index is 3.84. The van der Waals surface area contributed by atoms with Crippen LogP contribution in [0.3, 0.4) is 0 Å². The van der Waals surface area contributed by atoms with Crippen LogP contribution in [0.4, 0.5) is 0 Å². The van der Waals surface area contributed by atoms with Gasteiger partial charge in [0.15, 0.2) is 0 Å². The number of unbranched alkanes of at least 4 members (excludes halogenated alkanes) is 2. The largest absolute Gasteiger partial charge is 0.392 e. The summed E-state index contributed by atoms with van der Waals surface area (Å²) in [5.41, 5.74) is 5.09. The Morgan fingerprint density at radius 1 is 1.22 bits per heavy atom. The van der Waals surface area contributed by atoms with Gasteiger partial charge in [0.05, 0.1) is 13.0 Å². The molecule has 1 atom stereocenters. The lowest BCUT2D eigenvalue weighted by molar-refractivity contribution is -0.159. The lowest BCUT2D eigenvalue weighted by Gasteiger charge is -2.07. The molecule has 0 saturated heterocycles. The molecule has 0 aromatic rings. The van der Waals surface area contributed by atoms with Crippen molar-refractivity contribution in [1.29, 1.82) is 0 Å². The second-order valence-electron chi connectivity index (χ2n) is 4.00. The molecular formula is C12H20ClNO4. The van der Waals surface area contributed by atoms with Gasteiger partial charge in [0.25, 0.3) is 0 Å². The van der Waals surface area contributed by atoms with Crippen LogP contribution in [-0.4, -0.2) is 29.6 Å². The number of ether oxygens (including phenoxy) is 1. The van der Waals surface area contributed by atoms with Crippen LogP contribution in [0.15, 0.2) is 0 Å². The summed E-state index contributed by atoms with van der Waals surface area (Å²) in [7, 11) is 0. The van der Waals surface area contributed by atoms with Gasteiger partial charge in [0.1, 0.15) is 11.2 Å². The molecule has 5 nitrogen and oxygen atoms in total. The van der Waals surface area contributed by atoms with Crippen molar-refractivity contribution in [3.05, 3.63) is 0 Å². The van der Waals surface area contributed by atoms with Crippen molar-refractivity contribution in [2.75, 3.05) is 6.54 Å². The third-order valence-corrected chi connectivity index (χ3v) is 2.76. The molecule has 0 aromatic carbocycles. The molecule has 0 radical (unpaired) electrons. The molecule has 0 rings (SSSR count). The summed E-state index contributed by atoms with van der Waals surface area (Å²) in [6.07, 6.45) is 3.17. The molecule has 0 saturated carbocycles. The van der Waals surface area contributed by atoms with E-state index in [2.05, 4.69) is 4.74 Å². The SMILES string of the molecule is CCCCCC(Cl)C(=O)OC(=O)CCC(=O)CN. The minimum absolute atomic E-state index is 0.00853. The normalized spacial score (nSPS) is 11.9. The Morgan fingerprint density at radius 3 is 2.44 bits per heavy atom. The highest BCUT2D eigenvalue weighted by Gasteiger charge is 2.20. The highest BCUT2D eigenvalue weighted by molar-refractivity contribution is 6.30. The zero-order valence-electron chi connectivity index (χ0n) is 10.6. The summed E-state index contributed by atoms with van der Waals surface area (Å²) >= 11 is 5.79. The Labute approximate surface area is 112 Å². The number of hydrogen-bond donors (Lipinski definition) is 1. The fourth-order valence-corrected chi connectivity index (χ4v) is 1.46. The van der Waals surface area contributed by atoms with Gasteiger partial charge in [-0.2, -0.15) is 0 Å². The number of carbonyl (C=O) groups excluding carboxylic acids is 3. The summed E-state index contributed by atoms with van der Waals surface area (Å²) in [6.45, 7) is 1.93. The van der Waals surface area contributed by atoms with Gasteiger partial charge >= 0.3 is 11.9 Å². The molecule has 0 aromatic heterocycles. The first kappa shape index (κ1) is 17.1. The van der Waals surface area contributed by atoms with E-state index in [9.17, 15) is 14.4 Å². The predicted molar refractivity (Wildman–Crippen MR) is 68.2 cm³/mol. The molecule has 0 heterocycles. The van der Waals surface area contributed by atoms with E-state index in [0.29, 0.717) is 6.42 Å².